The van der Waals surface area contributed by atoms with E-state index in [1.807, 2.05) is 47.1 Å². The molecule has 0 aliphatic carbocycles. The lowest BCUT2D eigenvalue weighted by Gasteiger charge is -2.09. The fraction of sp³-hybridized carbons (Fsp3) is 0.316. The lowest BCUT2D eigenvalue weighted by atomic mass is 10.2. The third-order valence-corrected chi connectivity index (χ3v) is 5.89. The van der Waals surface area contributed by atoms with Crippen LogP contribution in [-0.2, 0) is 20.1 Å². The highest BCUT2D eigenvalue weighted by molar-refractivity contribution is 9.10. The summed E-state index contributed by atoms with van der Waals surface area (Å²) in [7, 11) is 1.64. The number of alkyl halides is 1. The fourth-order valence-electron chi connectivity index (χ4n) is 3.58. The van der Waals surface area contributed by atoms with Crippen molar-refractivity contribution >= 4 is 44.5 Å². The maximum atomic E-state index is 13.3. The van der Waals surface area contributed by atoms with Crippen molar-refractivity contribution in [3.63, 3.8) is 0 Å². The molecule has 0 unspecified atom stereocenters. The zero-order chi connectivity index (χ0) is 20.2. The van der Waals surface area contributed by atoms with Crippen LogP contribution < -0.4 is 11.2 Å². The number of imidazole rings is 2. The standard InChI is InChI=1S/C19H19BrClN5O2/c1-11-12(2)26-15-16(22-18(26)24(11)9-8-21)23(3)19(28)25(17(15)27)10-13-4-6-14(20)7-5-13/h4-7H,8-10H2,1-3H3. The first-order valence-corrected chi connectivity index (χ1v) is 10.2. The van der Waals surface area contributed by atoms with Gasteiger partial charge in [-0.25, -0.2) is 4.79 Å². The Balaban J connectivity index is 2.04. The first-order valence-electron chi connectivity index (χ1n) is 8.83. The van der Waals surface area contributed by atoms with Gasteiger partial charge < -0.3 is 4.57 Å². The van der Waals surface area contributed by atoms with Crippen LogP contribution in [0, 0.1) is 13.8 Å². The summed E-state index contributed by atoms with van der Waals surface area (Å²) >= 11 is 9.35. The van der Waals surface area contributed by atoms with Crippen molar-refractivity contribution in [2.75, 3.05) is 5.88 Å². The molecular formula is C19H19BrClN5O2. The Labute approximate surface area is 173 Å². The van der Waals surface area contributed by atoms with Crippen molar-refractivity contribution in [2.45, 2.75) is 26.9 Å². The van der Waals surface area contributed by atoms with Crippen LogP contribution >= 0.6 is 27.5 Å². The van der Waals surface area contributed by atoms with Crippen molar-refractivity contribution in [1.82, 2.24) is 23.1 Å². The molecule has 0 saturated heterocycles. The smallest absolute Gasteiger partial charge is 0.313 e. The van der Waals surface area contributed by atoms with Gasteiger partial charge in [-0.1, -0.05) is 28.1 Å². The van der Waals surface area contributed by atoms with Crippen molar-refractivity contribution < 1.29 is 0 Å². The number of aryl methyl sites for hydroxylation is 3. The molecule has 4 rings (SSSR count). The molecule has 0 radical (unpaired) electrons. The molecule has 7 nitrogen and oxygen atoms in total. The molecule has 4 aromatic rings. The predicted octanol–water partition coefficient (Wildman–Crippen LogP) is 2.82. The molecule has 0 fully saturated rings. The van der Waals surface area contributed by atoms with Gasteiger partial charge in [-0.05, 0) is 31.5 Å². The second-order valence-electron chi connectivity index (χ2n) is 6.79. The van der Waals surface area contributed by atoms with Crippen LogP contribution in [-0.4, -0.2) is 29.0 Å². The minimum absolute atomic E-state index is 0.197. The summed E-state index contributed by atoms with van der Waals surface area (Å²) in [6.07, 6.45) is 0. The molecule has 0 aliphatic rings. The van der Waals surface area contributed by atoms with Crippen LogP contribution in [0.2, 0.25) is 0 Å². The highest BCUT2D eigenvalue weighted by atomic mass is 79.9. The lowest BCUT2D eigenvalue weighted by molar-refractivity contribution is 0.656. The number of nitrogens with zero attached hydrogens (tertiary/aromatic N) is 5. The molecule has 0 N–H and O–H groups in total. The summed E-state index contributed by atoms with van der Waals surface area (Å²) in [6.45, 7) is 4.69. The first-order chi connectivity index (χ1) is 13.3. The minimum Gasteiger partial charge on any atom is -0.313 e. The summed E-state index contributed by atoms with van der Waals surface area (Å²) in [5.41, 5.74) is 2.83. The van der Waals surface area contributed by atoms with Gasteiger partial charge in [0.2, 0.25) is 5.78 Å². The first kappa shape index (κ1) is 19.0. The molecule has 28 heavy (non-hydrogen) atoms. The van der Waals surface area contributed by atoms with Crippen molar-refractivity contribution in [2.24, 2.45) is 7.05 Å². The normalized spacial score (nSPS) is 11.8. The topological polar surface area (TPSA) is 66.2 Å². The third-order valence-electron chi connectivity index (χ3n) is 5.19. The zero-order valence-electron chi connectivity index (χ0n) is 15.7. The number of rotatable bonds is 4. The van der Waals surface area contributed by atoms with Crippen LogP contribution in [0.4, 0.5) is 0 Å². The number of fused-ring (bicyclic) bond motifs is 3. The molecule has 1 aromatic carbocycles. The van der Waals surface area contributed by atoms with Gasteiger partial charge in [0.15, 0.2) is 11.2 Å². The van der Waals surface area contributed by atoms with Crippen LogP contribution in [0.25, 0.3) is 16.9 Å². The molecule has 0 amide bonds. The van der Waals surface area contributed by atoms with Crippen molar-refractivity contribution in [1.29, 1.82) is 0 Å². The summed E-state index contributed by atoms with van der Waals surface area (Å²) in [6, 6.07) is 7.55. The zero-order valence-corrected chi connectivity index (χ0v) is 18.1. The van der Waals surface area contributed by atoms with Gasteiger partial charge in [-0.3, -0.25) is 18.3 Å². The quantitative estimate of drug-likeness (QED) is 0.436. The van der Waals surface area contributed by atoms with Crippen LogP contribution in [0.3, 0.4) is 0 Å². The van der Waals surface area contributed by atoms with Crippen LogP contribution in [0.15, 0.2) is 38.3 Å². The molecule has 0 aliphatic heterocycles. The molecule has 0 spiro atoms. The Kier molecular flexibility index (Phi) is 4.71. The number of halogens is 2. The average molecular weight is 465 g/mol. The van der Waals surface area contributed by atoms with E-state index in [1.165, 1.54) is 9.13 Å². The third kappa shape index (κ3) is 2.74. The second kappa shape index (κ2) is 6.93. The number of benzene rings is 1. The minimum atomic E-state index is -0.389. The maximum Gasteiger partial charge on any atom is 0.332 e. The Bertz CT molecular complexity index is 1330. The predicted molar refractivity (Wildman–Crippen MR) is 114 cm³/mol. The Morgan fingerprint density at radius 3 is 2.39 bits per heavy atom. The van der Waals surface area contributed by atoms with Gasteiger partial charge in [0.1, 0.15) is 0 Å². The Hall–Kier alpha value is -2.32. The van der Waals surface area contributed by atoms with E-state index in [4.69, 9.17) is 11.6 Å². The summed E-state index contributed by atoms with van der Waals surface area (Å²) < 4.78 is 7.44. The number of hydrogen-bond donors (Lipinski definition) is 0. The van der Waals surface area contributed by atoms with Gasteiger partial charge >= 0.3 is 5.69 Å². The van der Waals surface area contributed by atoms with Gasteiger partial charge in [-0.15, -0.1) is 11.6 Å². The molecule has 0 saturated carbocycles. The summed E-state index contributed by atoms with van der Waals surface area (Å²) in [5, 5.41) is 0. The van der Waals surface area contributed by atoms with E-state index < -0.39 is 0 Å². The van der Waals surface area contributed by atoms with Gasteiger partial charge in [-0.2, -0.15) is 4.98 Å². The fourth-order valence-corrected chi connectivity index (χ4v) is 4.01. The largest absolute Gasteiger partial charge is 0.332 e. The number of aromatic nitrogens is 5. The van der Waals surface area contributed by atoms with Gasteiger partial charge in [0.05, 0.1) is 6.54 Å². The molecular weight excluding hydrogens is 446 g/mol. The average Bonchev–Trinajstić information content (AvgIpc) is 3.17. The van der Waals surface area contributed by atoms with Gasteiger partial charge in [0, 0.05) is 35.3 Å². The molecule has 146 valence electrons. The summed E-state index contributed by atoms with van der Waals surface area (Å²) in [4.78, 5) is 30.8. The van der Waals surface area contributed by atoms with Crippen molar-refractivity contribution in [3.05, 3.63) is 66.5 Å². The van der Waals surface area contributed by atoms with E-state index >= 15 is 0 Å². The van der Waals surface area contributed by atoms with Crippen molar-refractivity contribution in [3.8, 4) is 0 Å². The molecule has 0 atom stereocenters. The Morgan fingerprint density at radius 1 is 1.07 bits per heavy atom. The highest BCUT2D eigenvalue weighted by Crippen LogP contribution is 2.20. The van der Waals surface area contributed by atoms with E-state index in [0.29, 0.717) is 29.4 Å². The molecule has 9 heteroatoms. The monoisotopic (exact) mass is 463 g/mol. The summed E-state index contributed by atoms with van der Waals surface area (Å²) in [5.74, 6) is 1.06. The number of hydrogen-bond acceptors (Lipinski definition) is 3. The van der Waals surface area contributed by atoms with Gasteiger partial charge in [0.25, 0.3) is 5.56 Å². The molecule has 3 aromatic heterocycles. The van der Waals surface area contributed by atoms with E-state index in [9.17, 15) is 9.59 Å². The Morgan fingerprint density at radius 2 is 1.75 bits per heavy atom. The lowest BCUT2D eigenvalue weighted by Crippen LogP contribution is -2.39. The van der Waals surface area contributed by atoms with E-state index in [0.717, 1.165) is 21.4 Å². The maximum absolute atomic E-state index is 13.3. The van der Waals surface area contributed by atoms with Crippen LogP contribution in [0.5, 0.6) is 0 Å². The second-order valence-corrected chi connectivity index (χ2v) is 8.08. The van der Waals surface area contributed by atoms with E-state index in [1.54, 1.807) is 7.05 Å². The van der Waals surface area contributed by atoms with Crippen LogP contribution in [0.1, 0.15) is 17.0 Å². The molecule has 3 heterocycles. The van der Waals surface area contributed by atoms with E-state index in [2.05, 4.69) is 20.9 Å². The van der Waals surface area contributed by atoms with E-state index in [-0.39, 0.29) is 17.8 Å². The SMILES string of the molecule is Cc1c(C)n2c3c(=O)n(Cc4ccc(Br)cc4)c(=O)n(C)c3nc2n1CCCl. The highest BCUT2D eigenvalue weighted by Gasteiger charge is 2.22. The molecule has 0 bridgehead atoms.